The number of halogens is 1. The van der Waals surface area contributed by atoms with E-state index in [-0.39, 0.29) is 0 Å². The van der Waals surface area contributed by atoms with Gasteiger partial charge in [-0.3, -0.25) is 0 Å². The van der Waals surface area contributed by atoms with Crippen LogP contribution in [0.3, 0.4) is 0 Å². The summed E-state index contributed by atoms with van der Waals surface area (Å²) in [7, 11) is 0.119. The molecule has 1 atom stereocenters. The predicted octanol–water partition coefficient (Wildman–Crippen LogP) is 4.64. The first-order chi connectivity index (χ1) is 11.2. The molecule has 0 fully saturated rings. The van der Waals surface area contributed by atoms with Crippen molar-refractivity contribution in [3.05, 3.63) is 71.2 Å². The highest BCUT2D eigenvalue weighted by Crippen LogP contribution is 2.26. The lowest BCUT2D eigenvalue weighted by molar-refractivity contribution is 0.415. The maximum atomic E-state index is 12.3. The van der Waals surface area contributed by atoms with Crippen molar-refractivity contribution in [3.8, 4) is 5.75 Å². The molecule has 0 aromatic heterocycles. The van der Waals surface area contributed by atoms with Gasteiger partial charge in [-0.15, -0.1) is 0 Å². The van der Waals surface area contributed by atoms with Gasteiger partial charge in [0.1, 0.15) is 5.75 Å². The summed E-state index contributed by atoms with van der Waals surface area (Å²) in [6, 6.07) is 18.6. The van der Waals surface area contributed by atoms with Crippen LogP contribution >= 0.6 is 11.6 Å². The molecule has 5 heteroatoms. The molecule has 23 heavy (non-hydrogen) atoms. The standard InChI is InChI=1S/C18H14ClNO2S/c1-22-18-11-6-13-4-2-3-5-16(13)17(18)12-20-23(21)15-9-7-14(19)8-10-15/h2-12H,1H3/b20-12+. The van der Waals surface area contributed by atoms with E-state index in [2.05, 4.69) is 4.40 Å². The molecule has 116 valence electrons. The van der Waals surface area contributed by atoms with Crippen molar-refractivity contribution in [1.82, 2.24) is 0 Å². The Morgan fingerprint density at radius 2 is 1.78 bits per heavy atom. The van der Waals surface area contributed by atoms with E-state index >= 15 is 0 Å². The molecule has 0 amide bonds. The van der Waals surface area contributed by atoms with Crippen molar-refractivity contribution in [2.45, 2.75) is 4.90 Å². The highest BCUT2D eigenvalue weighted by molar-refractivity contribution is 7.83. The average molecular weight is 344 g/mol. The van der Waals surface area contributed by atoms with Crippen LogP contribution in [0.4, 0.5) is 0 Å². The maximum absolute atomic E-state index is 12.3. The number of benzene rings is 3. The van der Waals surface area contributed by atoms with Gasteiger partial charge in [0, 0.05) is 16.8 Å². The molecule has 0 heterocycles. The Bertz CT molecular complexity index is 891. The van der Waals surface area contributed by atoms with E-state index in [9.17, 15) is 4.21 Å². The highest BCUT2D eigenvalue weighted by Gasteiger charge is 2.07. The minimum atomic E-state index is -1.49. The zero-order valence-corrected chi connectivity index (χ0v) is 14.0. The van der Waals surface area contributed by atoms with Crippen LogP contribution in [-0.4, -0.2) is 17.5 Å². The summed E-state index contributed by atoms with van der Waals surface area (Å²) in [6.45, 7) is 0. The van der Waals surface area contributed by atoms with Gasteiger partial charge in [0.25, 0.3) is 0 Å². The number of nitrogens with zero attached hydrogens (tertiary/aromatic N) is 1. The molecule has 3 aromatic rings. The molecule has 0 N–H and O–H groups in total. The quantitative estimate of drug-likeness (QED) is 0.647. The summed E-state index contributed by atoms with van der Waals surface area (Å²) in [5.74, 6) is 0.695. The fourth-order valence-electron chi connectivity index (χ4n) is 2.30. The second kappa shape index (κ2) is 6.94. The van der Waals surface area contributed by atoms with E-state index in [1.807, 2.05) is 36.4 Å². The van der Waals surface area contributed by atoms with E-state index in [4.69, 9.17) is 16.3 Å². The topological polar surface area (TPSA) is 38.7 Å². The summed E-state index contributed by atoms with van der Waals surface area (Å²) >= 11 is 5.84. The van der Waals surface area contributed by atoms with Gasteiger partial charge in [0.05, 0.1) is 12.0 Å². The van der Waals surface area contributed by atoms with Crippen molar-refractivity contribution in [2.75, 3.05) is 7.11 Å². The lowest BCUT2D eigenvalue weighted by atomic mass is 10.0. The van der Waals surface area contributed by atoms with E-state index in [1.54, 1.807) is 37.6 Å². The lowest BCUT2D eigenvalue weighted by Crippen LogP contribution is -1.94. The minimum absolute atomic E-state index is 0.602. The van der Waals surface area contributed by atoms with Crippen LogP contribution in [-0.2, 0) is 11.0 Å². The summed E-state index contributed by atoms with van der Waals surface area (Å²) in [4.78, 5) is 0.602. The second-order valence-electron chi connectivity index (χ2n) is 4.84. The monoisotopic (exact) mass is 343 g/mol. The number of methoxy groups -OCH3 is 1. The fraction of sp³-hybridized carbons (Fsp3) is 0.0556. The van der Waals surface area contributed by atoms with Crippen LogP contribution in [0.1, 0.15) is 5.56 Å². The van der Waals surface area contributed by atoms with Crippen LogP contribution in [0.2, 0.25) is 5.02 Å². The van der Waals surface area contributed by atoms with E-state index < -0.39 is 11.0 Å². The van der Waals surface area contributed by atoms with Crippen molar-refractivity contribution < 1.29 is 8.95 Å². The van der Waals surface area contributed by atoms with E-state index in [0.29, 0.717) is 15.7 Å². The van der Waals surface area contributed by atoms with Gasteiger partial charge in [-0.2, -0.15) is 4.40 Å². The molecule has 0 saturated heterocycles. The third kappa shape index (κ3) is 3.44. The van der Waals surface area contributed by atoms with Crippen molar-refractivity contribution in [2.24, 2.45) is 4.40 Å². The number of fused-ring (bicyclic) bond motifs is 1. The molecular weight excluding hydrogens is 330 g/mol. The summed E-state index contributed by atoms with van der Waals surface area (Å²) < 4.78 is 21.9. The zero-order valence-electron chi connectivity index (χ0n) is 12.4. The van der Waals surface area contributed by atoms with Crippen molar-refractivity contribution in [1.29, 1.82) is 0 Å². The first-order valence-corrected chi connectivity index (χ1v) is 8.45. The normalized spacial score (nSPS) is 12.6. The van der Waals surface area contributed by atoms with Gasteiger partial charge in [-0.1, -0.05) is 41.9 Å². The van der Waals surface area contributed by atoms with Gasteiger partial charge in [-0.25, -0.2) is 4.21 Å². The first kappa shape index (κ1) is 15.7. The molecule has 3 nitrogen and oxygen atoms in total. The van der Waals surface area contributed by atoms with Gasteiger partial charge in [0.15, 0.2) is 11.0 Å². The van der Waals surface area contributed by atoms with Crippen LogP contribution in [0.25, 0.3) is 10.8 Å². The molecule has 0 aliphatic carbocycles. The number of ether oxygens (including phenoxy) is 1. The predicted molar refractivity (Wildman–Crippen MR) is 96.0 cm³/mol. The Balaban J connectivity index is 2.00. The molecule has 0 bridgehead atoms. The number of hydrogen-bond acceptors (Lipinski definition) is 2. The molecule has 0 aliphatic heterocycles. The van der Waals surface area contributed by atoms with Crippen LogP contribution in [0.5, 0.6) is 5.75 Å². The van der Waals surface area contributed by atoms with Crippen LogP contribution < -0.4 is 4.74 Å². The van der Waals surface area contributed by atoms with Crippen LogP contribution in [0.15, 0.2) is 70.0 Å². The third-order valence-corrected chi connectivity index (χ3v) is 4.67. The Kier molecular flexibility index (Phi) is 4.74. The molecule has 1 unspecified atom stereocenters. The smallest absolute Gasteiger partial charge is 0.172 e. The molecule has 0 radical (unpaired) electrons. The Labute approximate surface area is 142 Å². The molecular formula is C18H14ClNO2S. The van der Waals surface area contributed by atoms with Gasteiger partial charge < -0.3 is 4.74 Å². The number of hydrogen-bond donors (Lipinski definition) is 0. The van der Waals surface area contributed by atoms with Gasteiger partial charge >= 0.3 is 0 Å². The summed E-state index contributed by atoms with van der Waals surface area (Å²) in [5.41, 5.74) is 0.813. The summed E-state index contributed by atoms with van der Waals surface area (Å²) in [5, 5.41) is 2.68. The first-order valence-electron chi connectivity index (χ1n) is 6.96. The SMILES string of the molecule is COc1ccc2ccccc2c1/C=N/S(=O)c1ccc(Cl)cc1. The maximum Gasteiger partial charge on any atom is 0.172 e. The van der Waals surface area contributed by atoms with Crippen molar-refractivity contribution >= 4 is 39.6 Å². The molecule has 0 spiro atoms. The Hall–Kier alpha value is -2.17. The zero-order chi connectivity index (χ0) is 16.2. The molecule has 3 rings (SSSR count). The molecule has 3 aromatic carbocycles. The van der Waals surface area contributed by atoms with Crippen molar-refractivity contribution in [3.63, 3.8) is 0 Å². The lowest BCUT2D eigenvalue weighted by Gasteiger charge is -2.08. The van der Waals surface area contributed by atoms with E-state index in [0.717, 1.165) is 16.3 Å². The third-order valence-electron chi connectivity index (χ3n) is 3.44. The fourth-order valence-corrected chi connectivity index (χ4v) is 3.12. The molecule has 0 aliphatic rings. The van der Waals surface area contributed by atoms with Crippen LogP contribution in [0, 0.1) is 0 Å². The van der Waals surface area contributed by atoms with Gasteiger partial charge in [-0.05, 0) is 41.1 Å². The minimum Gasteiger partial charge on any atom is -0.496 e. The largest absolute Gasteiger partial charge is 0.496 e. The summed E-state index contributed by atoms with van der Waals surface area (Å²) in [6.07, 6.45) is 1.60. The average Bonchev–Trinajstić information content (AvgIpc) is 2.59. The van der Waals surface area contributed by atoms with E-state index in [1.165, 1.54) is 0 Å². The second-order valence-corrected chi connectivity index (χ2v) is 6.46. The number of rotatable bonds is 4. The molecule has 0 saturated carbocycles. The Morgan fingerprint density at radius 3 is 2.52 bits per heavy atom. The Morgan fingerprint density at radius 1 is 1.04 bits per heavy atom. The van der Waals surface area contributed by atoms with Gasteiger partial charge in [0.2, 0.25) is 0 Å². The highest BCUT2D eigenvalue weighted by atomic mass is 35.5.